The van der Waals surface area contributed by atoms with Crippen molar-refractivity contribution >= 4 is 27.8 Å². The van der Waals surface area contributed by atoms with Crippen LogP contribution in [0.15, 0.2) is 70.6 Å². The third-order valence-electron chi connectivity index (χ3n) is 6.34. The molecule has 1 aromatic heterocycles. The van der Waals surface area contributed by atoms with Crippen molar-refractivity contribution in [2.24, 2.45) is 0 Å². The van der Waals surface area contributed by atoms with Gasteiger partial charge in [0.25, 0.3) is 0 Å². The molecule has 34 heavy (non-hydrogen) atoms. The maximum absolute atomic E-state index is 13.5. The summed E-state index contributed by atoms with van der Waals surface area (Å²) in [6.07, 6.45) is 6.64. The predicted molar refractivity (Wildman–Crippen MR) is 132 cm³/mol. The van der Waals surface area contributed by atoms with Crippen LogP contribution in [0.25, 0.3) is 0 Å². The van der Waals surface area contributed by atoms with E-state index in [-0.39, 0.29) is 12.1 Å². The number of nitrogens with one attached hydrogen (secondary N) is 1. The summed E-state index contributed by atoms with van der Waals surface area (Å²) in [5.41, 5.74) is 3.10. The van der Waals surface area contributed by atoms with E-state index in [1.807, 2.05) is 55.5 Å². The van der Waals surface area contributed by atoms with Crippen molar-refractivity contribution in [1.82, 2.24) is 14.8 Å². The van der Waals surface area contributed by atoms with Crippen LogP contribution in [-0.4, -0.2) is 26.8 Å². The summed E-state index contributed by atoms with van der Waals surface area (Å²) >= 11 is 3.59. The minimum absolute atomic E-state index is 0.0457. The van der Waals surface area contributed by atoms with E-state index in [9.17, 15) is 4.79 Å². The number of hydrogen-bond acceptors (Lipinski definition) is 6. The number of benzene rings is 2. The van der Waals surface area contributed by atoms with E-state index in [1.54, 1.807) is 4.68 Å². The van der Waals surface area contributed by atoms with Gasteiger partial charge in [0.05, 0.1) is 5.57 Å². The first-order chi connectivity index (χ1) is 16.6. The number of allylic oxidation sites excluding steroid dienone is 1. The molecule has 1 saturated carbocycles. The second-order valence-corrected chi connectivity index (χ2v) is 9.63. The fourth-order valence-electron chi connectivity index (χ4n) is 4.64. The highest BCUT2D eigenvalue weighted by Gasteiger charge is 2.37. The summed E-state index contributed by atoms with van der Waals surface area (Å²) in [5, 5.41) is 7.66. The lowest BCUT2D eigenvalue weighted by Crippen LogP contribution is -2.32. The molecular weight excluding hydrogens is 496 g/mol. The van der Waals surface area contributed by atoms with Gasteiger partial charge >= 0.3 is 5.97 Å². The Morgan fingerprint density at radius 1 is 1.15 bits per heavy atom. The Labute approximate surface area is 207 Å². The van der Waals surface area contributed by atoms with E-state index in [0.717, 1.165) is 41.3 Å². The Bertz CT molecular complexity index is 1200. The molecule has 0 spiro atoms. The van der Waals surface area contributed by atoms with Crippen LogP contribution in [0, 0.1) is 0 Å². The average molecular weight is 523 g/mol. The molecule has 176 valence electrons. The average Bonchev–Trinajstić information content (AvgIpc) is 3.31. The van der Waals surface area contributed by atoms with Gasteiger partial charge in [-0.25, -0.2) is 9.48 Å². The maximum atomic E-state index is 13.5. The quantitative estimate of drug-likeness (QED) is 0.413. The van der Waals surface area contributed by atoms with Crippen LogP contribution in [0.5, 0.6) is 5.75 Å². The second-order valence-electron chi connectivity index (χ2n) is 8.72. The topological polar surface area (TPSA) is 78.3 Å². The molecule has 2 heterocycles. The number of nitrogens with zero attached hydrogens (tertiary/aromatic N) is 3. The summed E-state index contributed by atoms with van der Waals surface area (Å²) in [7, 11) is 0. The number of hydrogen-bond donors (Lipinski definition) is 1. The fourth-order valence-corrected chi connectivity index (χ4v) is 5.02. The zero-order valence-electron chi connectivity index (χ0n) is 19.0. The van der Waals surface area contributed by atoms with Crippen molar-refractivity contribution < 1.29 is 14.3 Å². The zero-order valence-corrected chi connectivity index (χ0v) is 20.6. The number of aromatic nitrogens is 3. The minimum Gasteiger partial charge on any atom is -0.489 e. The number of halogens is 1. The molecule has 1 aliphatic carbocycles. The molecule has 0 radical (unpaired) electrons. The van der Waals surface area contributed by atoms with Crippen molar-refractivity contribution in [1.29, 1.82) is 0 Å². The lowest BCUT2D eigenvalue weighted by Gasteiger charge is -2.31. The number of anilines is 1. The van der Waals surface area contributed by atoms with E-state index in [1.165, 1.54) is 12.7 Å². The number of carbonyl (C=O) groups is 1. The van der Waals surface area contributed by atoms with Gasteiger partial charge in [0.1, 0.15) is 30.8 Å². The molecule has 1 unspecified atom stereocenters. The van der Waals surface area contributed by atoms with Crippen LogP contribution in [0.2, 0.25) is 0 Å². The molecule has 2 aliphatic rings. The molecule has 1 N–H and O–H groups in total. The maximum Gasteiger partial charge on any atom is 0.338 e. The SMILES string of the molecule is CC1=C(C(=O)OC2CCCCC2)C(c2cc(Br)ccc2OCc2ccccc2)n2ncnc2N1. The largest absolute Gasteiger partial charge is 0.489 e. The Balaban J connectivity index is 1.52. The molecule has 1 aliphatic heterocycles. The third-order valence-corrected chi connectivity index (χ3v) is 6.84. The van der Waals surface area contributed by atoms with Gasteiger partial charge in [0, 0.05) is 15.7 Å². The second kappa shape index (κ2) is 10.0. The zero-order chi connectivity index (χ0) is 23.5. The number of rotatable bonds is 6. The van der Waals surface area contributed by atoms with Gasteiger partial charge in [0.15, 0.2) is 0 Å². The Morgan fingerprint density at radius 2 is 1.94 bits per heavy atom. The highest BCUT2D eigenvalue weighted by Crippen LogP contribution is 2.41. The van der Waals surface area contributed by atoms with Gasteiger partial charge in [-0.05, 0) is 56.4 Å². The third kappa shape index (κ3) is 4.73. The molecule has 2 aromatic carbocycles. The summed E-state index contributed by atoms with van der Waals surface area (Å²) in [6, 6.07) is 15.3. The smallest absolute Gasteiger partial charge is 0.338 e. The first kappa shape index (κ1) is 22.7. The van der Waals surface area contributed by atoms with Crippen molar-refractivity contribution in [3.05, 3.63) is 81.7 Å². The molecule has 0 amide bonds. The monoisotopic (exact) mass is 522 g/mol. The van der Waals surface area contributed by atoms with E-state index in [2.05, 4.69) is 31.3 Å². The fraction of sp³-hybridized carbons (Fsp3) is 0.346. The van der Waals surface area contributed by atoms with Gasteiger partial charge in [0.2, 0.25) is 5.95 Å². The first-order valence-corrected chi connectivity index (χ1v) is 12.4. The van der Waals surface area contributed by atoms with Crippen LogP contribution < -0.4 is 10.1 Å². The standard InChI is InChI=1S/C26H27BrN4O3/c1-17-23(25(32)34-20-10-6-3-7-11-20)24(31-26(30-17)28-16-29-31)21-14-19(27)12-13-22(21)33-15-18-8-4-2-5-9-18/h2,4-5,8-9,12-14,16,20,24H,3,6-7,10-11,15H2,1H3,(H,28,29,30). The van der Waals surface area contributed by atoms with Crippen molar-refractivity contribution in [2.75, 3.05) is 5.32 Å². The van der Waals surface area contributed by atoms with Gasteiger partial charge in [-0.2, -0.15) is 10.1 Å². The van der Waals surface area contributed by atoms with Crippen molar-refractivity contribution in [3.8, 4) is 5.75 Å². The highest BCUT2D eigenvalue weighted by atomic mass is 79.9. The molecule has 0 saturated heterocycles. The van der Waals surface area contributed by atoms with E-state index < -0.39 is 6.04 Å². The molecule has 7 nitrogen and oxygen atoms in total. The number of esters is 1. The van der Waals surface area contributed by atoms with Gasteiger partial charge in [-0.1, -0.05) is 52.7 Å². The van der Waals surface area contributed by atoms with E-state index in [4.69, 9.17) is 9.47 Å². The molecule has 1 fully saturated rings. The number of carbonyl (C=O) groups excluding carboxylic acids is 1. The van der Waals surface area contributed by atoms with Crippen LogP contribution in [0.4, 0.5) is 5.95 Å². The van der Waals surface area contributed by atoms with E-state index >= 15 is 0 Å². The van der Waals surface area contributed by atoms with Crippen molar-refractivity contribution in [2.45, 2.75) is 57.8 Å². The predicted octanol–water partition coefficient (Wildman–Crippen LogP) is 5.78. The minimum atomic E-state index is -0.530. The summed E-state index contributed by atoms with van der Waals surface area (Å²) in [5.74, 6) is 0.930. The number of fused-ring (bicyclic) bond motifs is 1. The molecule has 0 bridgehead atoms. The normalized spacial score (nSPS) is 18.2. The van der Waals surface area contributed by atoms with Crippen LogP contribution in [0.3, 0.4) is 0 Å². The lowest BCUT2D eigenvalue weighted by atomic mass is 9.94. The molecule has 1 atom stereocenters. The Morgan fingerprint density at radius 3 is 2.74 bits per heavy atom. The van der Waals surface area contributed by atoms with Gasteiger partial charge < -0.3 is 14.8 Å². The summed E-state index contributed by atoms with van der Waals surface area (Å²) in [6.45, 7) is 2.29. The first-order valence-electron chi connectivity index (χ1n) is 11.6. The molecule has 8 heteroatoms. The van der Waals surface area contributed by atoms with Crippen molar-refractivity contribution in [3.63, 3.8) is 0 Å². The summed E-state index contributed by atoms with van der Waals surface area (Å²) < 4.78 is 14.9. The number of ether oxygens (including phenoxy) is 2. The van der Waals surface area contributed by atoms with Gasteiger partial charge in [-0.3, -0.25) is 0 Å². The van der Waals surface area contributed by atoms with Crippen LogP contribution in [0.1, 0.15) is 56.2 Å². The Hall–Kier alpha value is -3.13. The van der Waals surface area contributed by atoms with E-state index in [0.29, 0.717) is 29.6 Å². The van der Waals surface area contributed by atoms with Gasteiger partial charge in [-0.15, -0.1) is 0 Å². The van der Waals surface area contributed by atoms with Crippen LogP contribution in [-0.2, 0) is 16.1 Å². The summed E-state index contributed by atoms with van der Waals surface area (Å²) in [4.78, 5) is 17.9. The highest BCUT2D eigenvalue weighted by molar-refractivity contribution is 9.10. The van der Waals surface area contributed by atoms with Crippen LogP contribution >= 0.6 is 15.9 Å². The lowest BCUT2D eigenvalue weighted by molar-refractivity contribution is -0.146. The molecule has 5 rings (SSSR count). The Kier molecular flexibility index (Phi) is 6.67. The molecular formula is C26H27BrN4O3. The molecule has 3 aromatic rings.